The Kier molecular flexibility index (Phi) is 4.20. The van der Waals surface area contributed by atoms with Gasteiger partial charge < -0.3 is 10.5 Å². The topological polar surface area (TPSA) is 48.1 Å². The predicted octanol–water partition coefficient (Wildman–Crippen LogP) is 3.08. The maximum Gasteiger partial charge on any atom is 0.118 e. The van der Waals surface area contributed by atoms with Gasteiger partial charge in [0.25, 0.3) is 0 Å². The fourth-order valence-electron chi connectivity index (χ4n) is 3.19. The van der Waals surface area contributed by atoms with Crippen LogP contribution >= 0.6 is 0 Å². The molecule has 1 heterocycles. The number of hydrogen-bond donors (Lipinski definition) is 1. The molecule has 3 nitrogen and oxygen atoms in total. The van der Waals surface area contributed by atoms with E-state index in [9.17, 15) is 0 Å². The molecule has 0 amide bonds. The van der Waals surface area contributed by atoms with Crippen molar-refractivity contribution in [2.75, 3.05) is 7.11 Å². The summed E-state index contributed by atoms with van der Waals surface area (Å²) in [5.41, 5.74) is 10.3. The minimum absolute atomic E-state index is 0.184. The Morgan fingerprint density at radius 1 is 1.29 bits per heavy atom. The zero-order chi connectivity index (χ0) is 14.7. The van der Waals surface area contributed by atoms with Crippen molar-refractivity contribution in [1.29, 1.82) is 0 Å². The molecule has 110 valence electrons. The second kappa shape index (κ2) is 6.27. The lowest BCUT2D eigenvalue weighted by Gasteiger charge is -2.19. The monoisotopic (exact) mass is 282 g/mol. The first-order valence-electron chi connectivity index (χ1n) is 7.60. The van der Waals surface area contributed by atoms with E-state index >= 15 is 0 Å². The number of pyridine rings is 1. The lowest BCUT2D eigenvalue weighted by Crippen LogP contribution is -2.28. The quantitative estimate of drug-likeness (QED) is 0.916. The maximum atomic E-state index is 6.43. The van der Waals surface area contributed by atoms with E-state index in [1.807, 2.05) is 24.4 Å². The molecule has 0 radical (unpaired) electrons. The summed E-state index contributed by atoms with van der Waals surface area (Å²) in [6.45, 7) is 0. The number of nitrogens with two attached hydrogens (primary N) is 1. The molecule has 1 aromatic heterocycles. The predicted molar refractivity (Wildman–Crippen MR) is 84.6 cm³/mol. The van der Waals surface area contributed by atoms with Gasteiger partial charge in [-0.1, -0.05) is 18.2 Å². The van der Waals surface area contributed by atoms with E-state index in [1.165, 1.54) is 16.8 Å². The van der Waals surface area contributed by atoms with Gasteiger partial charge >= 0.3 is 0 Å². The van der Waals surface area contributed by atoms with Crippen LogP contribution in [0, 0.1) is 0 Å². The van der Waals surface area contributed by atoms with Gasteiger partial charge in [-0.3, -0.25) is 4.98 Å². The standard InChI is InChI=1S/C18H22N2O/c1-21-15-8-4-13(5-9-15)6-11-17(19)16-10-7-14-3-2-12-20-18(14)16/h2-5,8-9,12,16-17H,6-7,10-11,19H2,1H3. The molecular formula is C18H22N2O. The van der Waals surface area contributed by atoms with E-state index < -0.39 is 0 Å². The van der Waals surface area contributed by atoms with Gasteiger partial charge in [0, 0.05) is 23.9 Å². The highest BCUT2D eigenvalue weighted by atomic mass is 16.5. The molecule has 21 heavy (non-hydrogen) atoms. The smallest absolute Gasteiger partial charge is 0.118 e. The normalized spacial score (nSPS) is 18.3. The van der Waals surface area contributed by atoms with E-state index in [0.717, 1.165) is 31.4 Å². The Morgan fingerprint density at radius 3 is 2.86 bits per heavy atom. The first-order valence-corrected chi connectivity index (χ1v) is 7.60. The summed E-state index contributed by atoms with van der Waals surface area (Å²) >= 11 is 0. The van der Waals surface area contributed by atoms with Crippen molar-refractivity contribution in [2.24, 2.45) is 5.73 Å². The lowest BCUT2D eigenvalue weighted by molar-refractivity contribution is 0.414. The van der Waals surface area contributed by atoms with Crippen LogP contribution in [0.2, 0.25) is 0 Å². The molecule has 2 atom stereocenters. The molecule has 2 aromatic rings. The third kappa shape index (κ3) is 3.08. The van der Waals surface area contributed by atoms with E-state index in [0.29, 0.717) is 5.92 Å². The summed E-state index contributed by atoms with van der Waals surface area (Å²) in [7, 11) is 1.69. The van der Waals surface area contributed by atoms with Crippen molar-refractivity contribution >= 4 is 0 Å². The molecule has 0 bridgehead atoms. The van der Waals surface area contributed by atoms with Gasteiger partial charge in [-0.05, 0) is 55.0 Å². The highest BCUT2D eigenvalue weighted by Gasteiger charge is 2.28. The number of methoxy groups -OCH3 is 1. The van der Waals surface area contributed by atoms with Crippen molar-refractivity contribution in [2.45, 2.75) is 37.6 Å². The fourth-order valence-corrected chi connectivity index (χ4v) is 3.19. The van der Waals surface area contributed by atoms with Crippen molar-refractivity contribution < 1.29 is 4.74 Å². The molecule has 2 N–H and O–H groups in total. The van der Waals surface area contributed by atoms with Crippen LogP contribution in [-0.2, 0) is 12.8 Å². The van der Waals surface area contributed by atoms with Crippen LogP contribution in [0.25, 0.3) is 0 Å². The molecule has 1 aliphatic rings. The highest BCUT2D eigenvalue weighted by Crippen LogP contribution is 2.34. The number of hydrogen-bond acceptors (Lipinski definition) is 3. The van der Waals surface area contributed by atoms with Crippen LogP contribution in [0.5, 0.6) is 5.75 Å². The zero-order valence-corrected chi connectivity index (χ0v) is 12.5. The largest absolute Gasteiger partial charge is 0.497 e. The van der Waals surface area contributed by atoms with Gasteiger partial charge in [-0.15, -0.1) is 0 Å². The van der Waals surface area contributed by atoms with E-state index in [-0.39, 0.29) is 6.04 Å². The minimum atomic E-state index is 0.184. The van der Waals surface area contributed by atoms with Gasteiger partial charge in [-0.25, -0.2) is 0 Å². The molecule has 0 fully saturated rings. The van der Waals surface area contributed by atoms with Crippen LogP contribution < -0.4 is 10.5 Å². The number of rotatable bonds is 5. The summed E-state index contributed by atoms with van der Waals surface area (Å²) in [6, 6.07) is 12.6. The van der Waals surface area contributed by atoms with Crippen LogP contribution in [0.3, 0.4) is 0 Å². The van der Waals surface area contributed by atoms with Gasteiger partial charge in [0.1, 0.15) is 5.75 Å². The van der Waals surface area contributed by atoms with Crippen LogP contribution in [0.4, 0.5) is 0 Å². The minimum Gasteiger partial charge on any atom is -0.497 e. The molecule has 1 aliphatic carbocycles. The molecule has 3 heteroatoms. The summed E-state index contributed by atoms with van der Waals surface area (Å²) in [5.74, 6) is 1.32. The van der Waals surface area contributed by atoms with E-state index in [2.05, 4.69) is 23.2 Å². The molecule has 0 aliphatic heterocycles. The third-order valence-corrected chi connectivity index (χ3v) is 4.44. The molecule has 3 rings (SSSR count). The van der Waals surface area contributed by atoms with Crippen molar-refractivity contribution in [1.82, 2.24) is 4.98 Å². The molecule has 0 saturated carbocycles. The van der Waals surface area contributed by atoms with Gasteiger partial charge in [0.05, 0.1) is 7.11 Å². The average molecular weight is 282 g/mol. The number of ether oxygens (including phenoxy) is 1. The van der Waals surface area contributed by atoms with Crippen LogP contribution in [-0.4, -0.2) is 18.1 Å². The Balaban J connectivity index is 1.60. The Bertz CT molecular complexity index is 594. The van der Waals surface area contributed by atoms with Crippen LogP contribution in [0.1, 0.15) is 35.6 Å². The summed E-state index contributed by atoms with van der Waals surface area (Å²) in [5, 5.41) is 0. The number of benzene rings is 1. The number of aromatic nitrogens is 1. The van der Waals surface area contributed by atoms with E-state index in [4.69, 9.17) is 10.5 Å². The highest BCUT2D eigenvalue weighted by molar-refractivity contribution is 5.30. The number of fused-ring (bicyclic) bond motifs is 1. The molecule has 2 unspecified atom stereocenters. The zero-order valence-electron chi connectivity index (χ0n) is 12.5. The Hall–Kier alpha value is -1.87. The second-order valence-corrected chi connectivity index (χ2v) is 5.74. The Morgan fingerprint density at radius 2 is 2.10 bits per heavy atom. The van der Waals surface area contributed by atoms with Gasteiger partial charge in [-0.2, -0.15) is 0 Å². The SMILES string of the molecule is COc1ccc(CCC(N)C2CCc3cccnc32)cc1. The molecular weight excluding hydrogens is 260 g/mol. The third-order valence-electron chi connectivity index (χ3n) is 4.44. The Labute approximate surface area is 126 Å². The lowest BCUT2D eigenvalue weighted by atomic mass is 9.92. The fraction of sp³-hybridized carbons (Fsp3) is 0.389. The molecule has 0 spiro atoms. The first-order chi connectivity index (χ1) is 10.3. The maximum absolute atomic E-state index is 6.43. The van der Waals surface area contributed by atoms with Crippen molar-refractivity contribution in [3.63, 3.8) is 0 Å². The van der Waals surface area contributed by atoms with Gasteiger partial charge in [0.15, 0.2) is 0 Å². The van der Waals surface area contributed by atoms with E-state index in [1.54, 1.807) is 7.11 Å². The van der Waals surface area contributed by atoms with Crippen LogP contribution in [0.15, 0.2) is 42.6 Å². The van der Waals surface area contributed by atoms with Crippen molar-refractivity contribution in [3.8, 4) is 5.75 Å². The van der Waals surface area contributed by atoms with Crippen molar-refractivity contribution in [3.05, 3.63) is 59.4 Å². The summed E-state index contributed by atoms with van der Waals surface area (Å²) in [6.07, 6.45) is 6.13. The number of nitrogens with zero attached hydrogens (tertiary/aromatic N) is 1. The molecule has 1 aromatic carbocycles. The first kappa shape index (κ1) is 14.1. The average Bonchev–Trinajstić information content (AvgIpc) is 2.97. The summed E-state index contributed by atoms with van der Waals surface area (Å²) < 4.78 is 5.18. The summed E-state index contributed by atoms with van der Waals surface area (Å²) in [4.78, 5) is 4.54. The second-order valence-electron chi connectivity index (χ2n) is 5.74. The molecule has 0 saturated heterocycles. The number of aryl methyl sites for hydroxylation is 2. The van der Waals surface area contributed by atoms with Gasteiger partial charge in [0.2, 0.25) is 0 Å².